The highest BCUT2D eigenvalue weighted by atomic mass is 35.5. The molecule has 18 heavy (non-hydrogen) atoms. The molecule has 1 nitrogen and oxygen atoms in total. The van der Waals surface area contributed by atoms with Gasteiger partial charge in [-0.3, -0.25) is 0 Å². The summed E-state index contributed by atoms with van der Waals surface area (Å²) in [6, 6.07) is 14.7. The van der Waals surface area contributed by atoms with E-state index < -0.39 is 0 Å². The van der Waals surface area contributed by atoms with Gasteiger partial charge < -0.3 is 5.32 Å². The van der Waals surface area contributed by atoms with Gasteiger partial charge in [0, 0.05) is 5.56 Å². The third kappa shape index (κ3) is 2.71. The van der Waals surface area contributed by atoms with Gasteiger partial charge in [0.05, 0.1) is 11.1 Å². The molecule has 94 valence electrons. The smallest absolute Gasteiger partial charge is 0.146 e. The molecule has 1 N–H and O–H groups in total. The fourth-order valence-corrected chi connectivity index (χ4v) is 2.18. The molecule has 3 heteroatoms. The van der Waals surface area contributed by atoms with Crippen molar-refractivity contribution in [2.45, 2.75) is 13.0 Å². The van der Waals surface area contributed by atoms with Gasteiger partial charge in [0.1, 0.15) is 5.82 Å². The van der Waals surface area contributed by atoms with Crippen molar-refractivity contribution in [1.29, 1.82) is 0 Å². The fourth-order valence-electron chi connectivity index (χ4n) is 2.00. The minimum absolute atomic E-state index is 0.159. The molecule has 0 saturated carbocycles. The van der Waals surface area contributed by atoms with Crippen LogP contribution >= 0.6 is 11.6 Å². The average Bonchev–Trinajstić information content (AvgIpc) is 2.41. The van der Waals surface area contributed by atoms with Gasteiger partial charge in [0.2, 0.25) is 0 Å². The quantitative estimate of drug-likeness (QED) is 0.873. The average molecular weight is 264 g/mol. The van der Waals surface area contributed by atoms with Gasteiger partial charge in [-0.25, -0.2) is 4.39 Å². The predicted molar refractivity (Wildman–Crippen MR) is 73.4 cm³/mol. The van der Waals surface area contributed by atoms with Crippen LogP contribution < -0.4 is 5.32 Å². The summed E-state index contributed by atoms with van der Waals surface area (Å²) < 4.78 is 14.1. The number of halogens is 2. The van der Waals surface area contributed by atoms with Gasteiger partial charge in [0.15, 0.2) is 0 Å². The maximum absolute atomic E-state index is 14.1. The summed E-state index contributed by atoms with van der Waals surface area (Å²) in [4.78, 5) is 0. The summed E-state index contributed by atoms with van der Waals surface area (Å²) in [6.07, 6.45) is 0. The van der Waals surface area contributed by atoms with Crippen LogP contribution in [0.15, 0.2) is 48.5 Å². The minimum atomic E-state index is -0.353. The van der Waals surface area contributed by atoms with Gasteiger partial charge in [-0.05, 0) is 18.2 Å². The van der Waals surface area contributed by atoms with E-state index in [4.69, 9.17) is 11.6 Å². The van der Waals surface area contributed by atoms with Crippen molar-refractivity contribution in [1.82, 2.24) is 5.32 Å². The zero-order chi connectivity index (χ0) is 13.0. The Kier molecular flexibility index (Phi) is 4.34. The molecule has 0 amide bonds. The van der Waals surface area contributed by atoms with Crippen molar-refractivity contribution < 1.29 is 4.39 Å². The molecule has 2 aromatic rings. The maximum Gasteiger partial charge on any atom is 0.146 e. The standard InChI is InChI=1S/C15H15ClFN/c1-2-18-15(11-7-4-3-5-8-11)12-9-6-10-13(16)14(12)17/h3-10,15,18H,2H2,1H3. The number of hydrogen-bond donors (Lipinski definition) is 1. The number of rotatable bonds is 4. The Morgan fingerprint density at radius 3 is 2.50 bits per heavy atom. The van der Waals surface area contributed by atoms with E-state index in [0.29, 0.717) is 5.56 Å². The van der Waals surface area contributed by atoms with Gasteiger partial charge in [-0.1, -0.05) is 61.0 Å². The molecule has 0 spiro atoms. The second-order valence-electron chi connectivity index (χ2n) is 4.04. The Labute approximate surface area is 112 Å². The normalized spacial score (nSPS) is 12.4. The summed E-state index contributed by atoms with van der Waals surface area (Å²) in [5, 5.41) is 3.44. The lowest BCUT2D eigenvalue weighted by Crippen LogP contribution is -2.23. The molecule has 0 aromatic heterocycles. The number of hydrogen-bond acceptors (Lipinski definition) is 1. The summed E-state index contributed by atoms with van der Waals surface area (Å²) in [5.41, 5.74) is 1.61. The third-order valence-electron chi connectivity index (χ3n) is 2.83. The van der Waals surface area contributed by atoms with Crippen LogP contribution in [0, 0.1) is 5.82 Å². The molecule has 0 saturated heterocycles. The van der Waals surface area contributed by atoms with Crippen LogP contribution in [0.5, 0.6) is 0 Å². The summed E-state index contributed by atoms with van der Waals surface area (Å²) in [7, 11) is 0. The Hall–Kier alpha value is -1.38. The molecule has 0 aliphatic heterocycles. The Bertz CT molecular complexity index is 513. The zero-order valence-corrected chi connectivity index (χ0v) is 10.9. The van der Waals surface area contributed by atoms with Crippen LogP contribution in [0.2, 0.25) is 5.02 Å². The largest absolute Gasteiger partial charge is 0.306 e. The monoisotopic (exact) mass is 263 g/mol. The van der Waals surface area contributed by atoms with Gasteiger partial charge >= 0.3 is 0 Å². The van der Waals surface area contributed by atoms with Crippen molar-refractivity contribution in [2.24, 2.45) is 0 Å². The molecule has 1 atom stereocenters. The molecule has 0 aliphatic rings. The van der Waals surface area contributed by atoms with E-state index >= 15 is 0 Å². The van der Waals surface area contributed by atoms with Crippen LogP contribution in [0.3, 0.4) is 0 Å². The molecule has 0 aliphatic carbocycles. The van der Waals surface area contributed by atoms with E-state index in [1.807, 2.05) is 37.3 Å². The second kappa shape index (κ2) is 5.98. The van der Waals surface area contributed by atoms with Gasteiger partial charge in [0.25, 0.3) is 0 Å². The molecule has 2 aromatic carbocycles. The zero-order valence-electron chi connectivity index (χ0n) is 10.2. The molecular weight excluding hydrogens is 249 g/mol. The highest BCUT2D eigenvalue weighted by Crippen LogP contribution is 2.27. The molecule has 0 heterocycles. The molecule has 0 radical (unpaired) electrons. The Morgan fingerprint density at radius 1 is 1.11 bits per heavy atom. The van der Waals surface area contributed by atoms with Gasteiger partial charge in [-0.15, -0.1) is 0 Å². The first-order valence-corrected chi connectivity index (χ1v) is 6.34. The summed E-state index contributed by atoms with van der Waals surface area (Å²) >= 11 is 5.84. The van der Waals surface area contributed by atoms with E-state index in [0.717, 1.165) is 12.1 Å². The Morgan fingerprint density at radius 2 is 1.83 bits per heavy atom. The molecule has 0 bridgehead atoms. The molecular formula is C15H15ClFN. The lowest BCUT2D eigenvalue weighted by molar-refractivity contribution is 0.559. The van der Waals surface area contributed by atoms with Crippen molar-refractivity contribution in [3.8, 4) is 0 Å². The molecule has 1 unspecified atom stereocenters. The van der Waals surface area contributed by atoms with E-state index in [-0.39, 0.29) is 16.9 Å². The predicted octanol–water partition coefficient (Wildman–Crippen LogP) is 4.18. The van der Waals surface area contributed by atoms with E-state index in [1.54, 1.807) is 18.2 Å². The summed E-state index contributed by atoms with van der Waals surface area (Å²) in [5.74, 6) is -0.353. The lowest BCUT2D eigenvalue weighted by Gasteiger charge is -2.19. The SMILES string of the molecule is CCNC(c1ccccc1)c1cccc(Cl)c1F. The topological polar surface area (TPSA) is 12.0 Å². The highest BCUT2D eigenvalue weighted by molar-refractivity contribution is 6.30. The first kappa shape index (κ1) is 13.1. The van der Waals surface area contributed by atoms with Crippen molar-refractivity contribution in [3.63, 3.8) is 0 Å². The number of nitrogens with one attached hydrogen (secondary N) is 1. The van der Waals surface area contributed by atoms with Crippen LogP contribution in [-0.2, 0) is 0 Å². The first-order chi connectivity index (χ1) is 8.74. The van der Waals surface area contributed by atoms with Crippen molar-refractivity contribution >= 4 is 11.6 Å². The van der Waals surface area contributed by atoms with Crippen LogP contribution in [0.1, 0.15) is 24.1 Å². The second-order valence-corrected chi connectivity index (χ2v) is 4.45. The highest BCUT2D eigenvalue weighted by Gasteiger charge is 2.18. The molecule has 2 rings (SSSR count). The van der Waals surface area contributed by atoms with Crippen molar-refractivity contribution in [2.75, 3.05) is 6.54 Å². The molecule has 0 fully saturated rings. The van der Waals surface area contributed by atoms with E-state index in [1.165, 1.54) is 0 Å². The maximum atomic E-state index is 14.1. The van der Waals surface area contributed by atoms with E-state index in [9.17, 15) is 4.39 Å². The Balaban J connectivity index is 2.45. The van der Waals surface area contributed by atoms with Gasteiger partial charge in [-0.2, -0.15) is 0 Å². The number of benzene rings is 2. The van der Waals surface area contributed by atoms with Crippen LogP contribution in [0.25, 0.3) is 0 Å². The first-order valence-electron chi connectivity index (χ1n) is 5.96. The van der Waals surface area contributed by atoms with E-state index in [2.05, 4.69) is 5.32 Å². The fraction of sp³-hybridized carbons (Fsp3) is 0.200. The van der Waals surface area contributed by atoms with Crippen LogP contribution in [0.4, 0.5) is 4.39 Å². The minimum Gasteiger partial charge on any atom is -0.306 e. The summed E-state index contributed by atoms with van der Waals surface area (Å²) in [6.45, 7) is 2.75. The van der Waals surface area contributed by atoms with Crippen molar-refractivity contribution in [3.05, 3.63) is 70.5 Å². The third-order valence-corrected chi connectivity index (χ3v) is 3.13. The lowest BCUT2D eigenvalue weighted by atomic mass is 9.98. The van der Waals surface area contributed by atoms with Crippen LogP contribution in [-0.4, -0.2) is 6.54 Å².